The fraction of sp³-hybridized carbons (Fsp3) is 0.222. The van der Waals surface area contributed by atoms with Crippen LogP contribution >= 0.6 is 0 Å². The molecule has 10 heteroatoms. The molecule has 1 saturated heterocycles. The number of piperazine rings is 1. The third-order valence-corrected chi connectivity index (χ3v) is 4.18. The van der Waals surface area contributed by atoms with Crippen LogP contribution in [0, 0.1) is 20.2 Å². The highest BCUT2D eigenvalue weighted by atomic mass is 16.6. The van der Waals surface area contributed by atoms with Gasteiger partial charge in [-0.1, -0.05) is 0 Å². The predicted octanol–water partition coefficient (Wildman–Crippen LogP) is 2.49. The van der Waals surface area contributed by atoms with Crippen molar-refractivity contribution in [2.24, 2.45) is 10.2 Å². The summed E-state index contributed by atoms with van der Waals surface area (Å²) in [6.07, 6.45) is 3.36. The van der Waals surface area contributed by atoms with E-state index in [-0.39, 0.29) is 11.4 Å². The number of hydrazone groups is 2. The van der Waals surface area contributed by atoms with Gasteiger partial charge in [-0.3, -0.25) is 30.2 Å². The van der Waals surface area contributed by atoms with E-state index < -0.39 is 9.85 Å². The first-order valence-corrected chi connectivity index (χ1v) is 8.58. The molecule has 0 bridgehead atoms. The Morgan fingerprint density at radius 3 is 1.29 bits per heavy atom. The molecule has 0 aliphatic carbocycles. The number of non-ortho nitro benzene ring substituents is 2. The molecule has 0 saturated carbocycles. The topological polar surface area (TPSA) is 117 Å². The van der Waals surface area contributed by atoms with E-state index in [0.29, 0.717) is 26.2 Å². The Kier molecular flexibility index (Phi) is 5.90. The van der Waals surface area contributed by atoms with Crippen molar-refractivity contribution in [2.45, 2.75) is 0 Å². The van der Waals surface area contributed by atoms with Crippen LogP contribution in [0.4, 0.5) is 11.4 Å². The maximum Gasteiger partial charge on any atom is 0.269 e. The number of nitro benzene ring substituents is 2. The van der Waals surface area contributed by atoms with Gasteiger partial charge in [-0.25, -0.2) is 0 Å². The molecule has 10 nitrogen and oxygen atoms in total. The Labute approximate surface area is 160 Å². The largest absolute Gasteiger partial charge is 0.293 e. The minimum atomic E-state index is -0.433. The standard InChI is InChI=1S/C18H18N6O4/c25-23(26)17-5-1-15(2-6-17)13-19-21-9-11-22(12-10-21)20-14-16-3-7-18(8-4-16)24(27)28/h1-8,13-14H,9-12H2/b19-13-,20-14-. The summed E-state index contributed by atoms with van der Waals surface area (Å²) >= 11 is 0. The van der Waals surface area contributed by atoms with Crippen LogP contribution in [-0.2, 0) is 0 Å². The number of nitro groups is 2. The lowest BCUT2D eigenvalue weighted by atomic mass is 10.2. The molecule has 1 heterocycles. The predicted molar refractivity (Wildman–Crippen MR) is 105 cm³/mol. The van der Waals surface area contributed by atoms with Gasteiger partial charge in [0, 0.05) is 24.3 Å². The molecule has 1 aliphatic heterocycles. The molecule has 0 radical (unpaired) electrons. The SMILES string of the molecule is O=[N+]([O-])c1ccc(/C=N\N2CCN(/N=C\c3ccc([N+](=O)[O-])cc3)CC2)cc1. The number of hydrogen-bond donors (Lipinski definition) is 0. The average Bonchev–Trinajstić information content (AvgIpc) is 2.72. The van der Waals surface area contributed by atoms with Crippen LogP contribution in [0.1, 0.15) is 11.1 Å². The van der Waals surface area contributed by atoms with E-state index in [1.54, 1.807) is 36.7 Å². The van der Waals surface area contributed by atoms with Crippen molar-refractivity contribution >= 4 is 23.8 Å². The van der Waals surface area contributed by atoms with E-state index in [0.717, 1.165) is 11.1 Å². The molecule has 2 aromatic rings. The van der Waals surface area contributed by atoms with Crippen molar-refractivity contribution in [3.8, 4) is 0 Å². The molecule has 2 aromatic carbocycles. The van der Waals surface area contributed by atoms with Crippen LogP contribution in [-0.4, -0.2) is 58.5 Å². The second-order valence-electron chi connectivity index (χ2n) is 6.09. The molecule has 144 valence electrons. The Bertz CT molecular complexity index is 812. The van der Waals surface area contributed by atoms with Crippen LogP contribution in [0.5, 0.6) is 0 Å². The van der Waals surface area contributed by atoms with Gasteiger partial charge in [-0.2, -0.15) is 10.2 Å². The minimum Gasteiger partial charge on any atom is -0.293 e. The fourth-order valence-corrected chi connectivity index (χ4v) is 2.58. The normalized spacial score (nSPS) is 14.7. The zero-order valence-electron chi connectivity index (χ0n) is 14.9. The zero-order valence-corrected chi connectivity index (χ0v) is 14.9. The molecule has 0 atom stereocenters. The summed E-state index contributed by atoms with van der Waals surface area (Å²) < 4.78 is 0. The number of nitrogens with zero attached hydrogens (tertiary/aromatic N) is 6. The van der Waals surface area contributed by atoms with Gasteiger partial charge in [-0.15, -0.1) is 0 Å². The lowest BCUT2D eigenvalue weighted by Crippen LogP contribution is -2.41. The smallest absolute Gasteiger partial charge is 0.269 e. The number of rotatable bonds is 6. The van der Waals surface area contributed by atoms with Crippen molar-refractivity contribution in [1.82, 2.24) is 10.0 Å². The highest BCUT2D eigenvalue weighted by molar-refractivity contribution is 5.80. The van der Waals surface area contributed by atoms with Gasteiger partial charge in [0.05, 0.1) is 48.5 Å². The molecular weight excluding hydrogens is 364 g/mol. The third-order valence-electron chi connectivity index (χ3n) is 4.18. The lowest BCUT2D eigenvalue weighted by Gasteiger charge is -2.31. The molecule has 0 amide bonds. The third kappa shape index (κ3) is 5.10. The van der Waals surface area contributed by atoms with Crippen LogP contribution in [0.3, 0.4) is 0 Å². The van der Waals surface area contributed by atoms with E-state index in [9.17, 15) is 20.2 Å². The molecule has 3 rings (SSSR count). The molecule has 0 N–H and O–H groups in total. The van der Waals surface area contributed by atoms with E-state index in [4.69, 9.17) is 0 Å². The second-order valence-corrected chi connectivity index (χ2v) is 6.09. The summed E-state index contributed by atoms with van der Waals surface area (Å²) in [6, 6.07) is 12.4. The van der Waals surface area contributed by atoms with E-state index in [2.05, 4.69) is 10.2 Å². The highest BCUT2D eigenvalue weighted by Crippen LogP contribution is 2.12. The summed E-state index contributed by atoms with van der Waals surface area (Å²) in [5.74, 6) is 0. The fourth-order valence-electron chi connectivity index (χ4n) is 2.58. The van der Waals surface area contributed by atoms with Crippen LogP contribution in [0.15, 0.2) is 58.7 Å². The van der Waals surface area contributed by atoms with Crippen molar-refractivity contribution in [3.63, 3.8) is 0 Å². The summed E-state index contributed by atoms with van der Waals surface area (Å²) in [4.78, 5) is 20.4. The summed E-state index contributed by atoms with van der Waals surface area (Å²) in [5.41, 5.74) is 1.70. The zero-order chi connectivity index (χ0) is 19.9. The summed E-state index contributed by atoms with van der Waals surface area (Å²) in [7, 11) is 0. The quantitative estimate of drug-likeness (QED) is 0.430. The van der Waals surface area contributed by atoms with Gasteiger partial charge in [0.15, 0.2) is 0 Å². The van der Waals surface area contributed by atoms with E-state index >= 15 is 0 Å². The molecule has 0 spiro atoms. The van der Waals surface area contributed by atoms with Crippen LogP contribution < -0.4 is 0 Å². The van der Waals surface area contributed by atoms with Crippen LogP contribution in [0.25, 0.3) is 0 Å². The lowest BCUT2D eigenvalue weighted by molar-refractivity contribution is -0.385. The Hall–Kier alpha value is -3.82. The Morgan fingerprint density at radius 2 is 1.00 bits per heavy atom. The summed E-state index contributed by atoms with van der Waals surface area (Å²) in [6.45, 7) is 2.78. The monoisotopic (exact) mass is 382 g/mol. The van der Waals surface area contributed by atoms with Crippen molar-refractivity contribution < 1.29 is 9.85 Å². The Balaban J connectivity index is 1.48. The molecule has 0 aromatic heterocycles. The van der Waals surface area contributed by atoms with Crippen molar-refractivity contribution in [2.75, 3.05) is 26.2 Å². The van der Waals surface area contributed by atoms with Gasteiger partial charge in [0.2, 0.25) is 0 Å². The maximum atomic E-state index is 10.7. The number of hydrogen-bond acceptors (Lipinski definition) is 8. The molecule has 0 unspecified atom stereocenters. The van der Waals surface area contributed by atoms with Gasteiger partial charge in [0.25, 0.3) is 11.4 Å². The van der Waals surface area contributed by atoms with E-state index in [1.165, 1.54) is 24.3 Å². The van der Waals surface area contributed by atoms with Gasteiger partial charge >= 0.3 is 0 Å². The minimum absolute atomic E-state index is 0.0525. The van der Waals surface area contributed by atoms with E-state index in [1.807, 2.05) is 10.0 Å². The highest BCUT2D eigenvalue weighted by Gasteiger charge is 2.13. The van der Waals surface area contributed by atoms with Gasteiger partial charge < -0.3 is 0 Å². The molecule has 28 heavy (non-hydrogen) atoms. The van der Waals surface area contributed by atoms with Gasteiger partial charge in [0.1, 0.15) is 0 Å². The second kappa shape index (κ2) is 8.71. The van der Waals surface area contributed by atoms with Crippen LogP contribution in [0.2, 0.25) is 0 Å². The molecular formula is C18H18N6O4. The first kappa shape index (κ1) is 19.0. The Morgan fingerprint density at radius 1 is 0.679 bits per heavy atom. The summed E-state index contributed by atoms with van der Waals surface area (Å²) in [5, 5.41) is 33.9. The first-order valence-electron chi connectivity index (χ1n) is 8.58. The van der Waals surface area contributed by atoms with Crippen molar-refractivity contribution in [3.05, 3.63) is 79.9 Å². The van der Waals surface area contributed by atoms with Crippen molar-refractivity contribution in [1.29, 1.82) is 0 Å². The first-order chi connectivity index (χ1) is 13.5. The maximum absolute atomic E-state index is 10.7. The molecule has 1 aliphatic rings. The van der Waals surface area contributed by atoms with Gasteiger partial charge in [-0.05, 0) is 35.4 Å². The molecule has 1 fully saturated rings. The average molecular weight is 382 g/mol. The number of benzene rings is 2.